The van der Waals surface area contributed by atoms with E-state index >= 15 is 0 Å². The van der Waals surface area contributed by atoms with Gasteiger partial charge in [-0.15, -0.1) is 13.2 Å². The van der Waals surface area contributed by atoms with Gasteiger partial charge < -0.3 is 14.8 Å². The van der Waals surface area contributed by atoms with Gasteiger partial charge in [-0.05, 0) is 362 Å². The lowest BCUT2D eigenvalue weighted by molar-refractivity contribution is -0.274. The summed E-state index contributed by atoms with van der Waals surface area (Å²) in [6.45, 7) is 70.6. The lowest BCUT2D eigenvalue weighted by Gasteiger charge is -2.54. The van der Waals surface area contributed by atoms with Crippen LogP contribution in [0.1, 0.15) is 292 Å². The zero-order valence-electron chi connectivity index (χ0n) is 92.7. The molecule has 148 heavy (non-hydrogen) atoms. The van der Waals surface area contributed by atoms with Crippen LogP contribution in [0, 0.1) is 98.7 Å². The lowest BCUT2D eigenvalue weighted by Crippen LogP contribution is -2.58. The number of likely N-dealkylation sites (tertiary alicyclic amines) is 7. The maximum Gasteiger partial charge on any atom is 0.573 e. The predicted molar refractivity (Wildman–Crippen MR) is 603 cm³/mol. The van der Waals surface area contributed by atoms with Crippen molar-refractivity contribution in [3.8, 4) is 11.6 Å². The Kier molecular flexibility index (Phi) is 47.7. The largest absolute Gasteiger partial charge is 0.573 e. The Labute approximate surface area is 918 Å². The van der Waals surface area contributed by atoms with Crippen LogP contribution in [0.2, 0.25) is 35.2 Å². The number of ether oxygens (including phenoxy) is 2. The van der Waals surface area contributed by atoms with Crippen LogP contribution in [0.15, 0.2) is 146 Å². The Bertz CT molecular complexity index is 5360. The number of hydrogen-bond acceptors (Lipinski definition) is 11. The molecule has 0 spiro atoms. The van der Waals surface area contributed by atoms with E-state index in [1.165, 1.54) is 79.5 Å². The highest BCUT2D eigenvalue weighted by Crippen LogP contribution is 2.47. The molecule has 0 bridgehead atoms. The van der Waals surface area contributed by atoms with E-state index in [9.17, 15) is 39.5 Å². The van der Waals surface area contributed by atoms with Crippen molar-refractivity contribution in [1.82, 2.24) is 39.3 Å². The van der Waals surface area contributed by atoms with Gasteiger partial charge in [0.25, 0.3) is 0 Å². The van der Waals surface area contributed by atoms with Crippen LogP contribution < -0.4 is 14.8 Å². The van der Waals surface area contributed by atoms with Crippen LogP contribution in [0.5, 0.6) is 11.6 Å². The van der Waals surface area contributed by atoms with E-state index < -0.39 is 35.1 Å². The molecule has 0 radical (unpaired) electrons. The number of rotatable bonds is 23. The fourth-order valence-electron chi connectivity index (χ4n) is 21.1. The van der Waals surface area contributed by atoms with Crippen molar-refractivity contribution in [2.75, 3.05) is 96.9 Å². The monoisotopic (exact) mass is 2200 g/mol. The Balaban J connectivity index is 0.000000192. The molecular formula is C121H171Cl7F9N9O2. The number of halogens is 16. The van der Waals surface area contributed by atoms with Crippen molar-refractivity contribution in [2.24, 2.45) is 68.5 Å². The molecule has 7 fully saturated rings. The molecule has 0 saturated carbocycles. The standard InChI is InChI=1S/C20H23Cl2N.C19H31FN2.C17H26ClFN2O.C17H23F4NO.C16H22Cl2FN.2C16H23ClFN/c1-14(2)20(3)12-23(13-20)19(15-7-5-4-6-8-15)16-9-17(21)11-18(22)10-16;1-14(2)21-18-7-6-17(20)12-15(18)13-22-10-8-16(9-11-22)19(3,4)5;1-12(2)17(19)5-7-21(8-6-17)11-14-9-15(18)16(20-10-14)22-13(3)4;1-16(2,3)13-4-6-22(7-5-13)11-12-8-14(18)10-15(9-12)23-17(19,20)21;1-16(2,3)12-4-6-20(7-5-12)10-11-8-15(19)14(18)9-13(11)17;1-16(2,3)13-6-8-19(9-7-13)11-12-4-5-14(17)15(18)10-12;1-12(2)16(18)6-8-19(9-7-16)11-14-10-13(3)4-5-15(14)17/h4-11,14,19H,12-13H2,1-3H3;6-7,12,14,16,21H,8-11,13H2,1-5H3;9-10,12-13H,5-8,11H2,1-4H3;8-10,13H,4-7,11H2,1-3H3;8-9,12H,4-7,10H2,1-3H3;4-5,10,13H,6-9,11H2,1-3H3;4-5,10,12H,6-9,11H2,1-3H3/t19-;;;;;;/m1....../s1. The van der Waals surface area contributed by atoms with Crippen LogP contribution >= 0.6 is 81.2 Å². The predicted octanol–water partition coefficient (Wildman–Crippen LogP) is 35.2. The van der Waals surface area contributed by atoms with Crippen LogP contribution in [0.4, 0.5) is 45.2 Å². The molecule has 7 saturated heterocycles. The number of alkyl halides is 5. The van der Waals surface area contributed by atoms with E-state index in [2.05, 4.69) is 210 Å². The van der Waals surface area contributed by atoms with E-state index in [0.29, 0.717) is 110 Å². The molecule has 27 heteroatoms. The molecule has 11 nitrogen and oxygen atoms in total. The minimum atomic E-state index is -4.81. The fourth-order valence-corrected chi connectivity index (χ4v) is 22.6. The molecule has 7 aliphatic rings. The topological polar surface area (TPSA) is 66.1 Å². The van der Waals surface area contributed by atoms with Crippen molar-refractivity contribution in [2.45, 2.75) is 318 Å². The van der Waals surface area contributed by atoms with Gasteiger partial charge in [-0.25, -0.2) is 31.3 Å². The second kappa shape index (κ2) is 56.2. The minimum absolute atomic E-state index is 0.0478. The first kappa shape index (κ1) is 126. The van der Waals surface area contributed by atoms with E-state index in [1.807, 2.05) is 84.0 Å². The summed E-state index contributed by atoms with van der Waals surface area (Å²) in [6.07, 6.45) is 8.93. The van der Waals surface area contributed by atoms with E-state index in [-0.39, 0.29) is 51.1 Å². The molecule has 1 N–H and O–H groups in total. The Morgan fingerprint density at radius 3 is 1.25 bits per heavy atom. The molecule has 0 unspecified atom stereocenters. The molecule has 15 rings (SSSR count). The van der Waals surface area contributed by atoms with E-state index in [4.69, 9.17) is 85.9 Å². The zero-order valence-corrected chi connectivity index (χ0v) is 98.0. The first-order valence-corrected chi connectivity index (χ1v) is 56.4. The molecule has 0 aliphatic carbocycles. The summed E-state index contributed by atoms with van der Waals surface area (Å²) >= 11 is 42.5. The second-order valence-corrected chi connectivity index (χ2v) is 51.7. The van der Waals surface area contributed by atoms with Crippen molar-refractivity contribution in [3.63, 3.8) is 0 Å². The summed E-state index contributed by atoms with van der Waals surface area (Å²) in [5, 5.41) is 7.01. The molecule has 1 atom stereocenters. The van der Waals surface area contributed by atoms with Crippen LogP contribution in [0.3, 0.4) is 0 Å². The first-order valence-electron chi connectivity index (χ1n) is 53.7. The molecule has 7 aliphatic heterocycles. The highest BCUT2D eigenvalue weighted by molar-refractivity contribution is 6.35. The van der Waals surface area contributed by atoms with Crippen molar-refractivity contribution in [3.05, 3.63) is 254 Å². The van der Waals surface area contributed by atoms with Crippen molar-refractivity contribution >= 4 is 86.9 Å². The van der Waals surface area contributed by atoms with Gasteiger partial charge in [0.1, 0.15) is 45.4 Å². The summed E-state index contributed by atoms with van der Waals surface area (Å²) in [6, 6.07) is 41.5. The van der Waals surface area contributed by atoms with Gasteiger partial charge in [0.15, 0.2) is 0 Å². The number of hydrogen-bond donors (Lipinski definition) is 1. The molecule has 8 heterocycles. The van der Waals surface area contributed by atoms with E-state index in [0.717, 1.165) is 193 Å². The quantitative estimate of drug-likeness (QED) is 0.0492. The average molecular weight is 2200 g/mol. The van der Waals surface area contributed by atoms with Crippen molar-refractivity contribution in [1.29, 1.82) is 0 Å². The third-order valence-corrected chi connectivity index (χ3v) is 33.5. The number of benzene rings is 7. The highest BCUT2D eigenvalue weighted by Gasteiger charge is 2.46. The van der Waals surface area contributed by atoms with Gasteiger partial charge in [0.05, 0.1) is 22.2 Å². The SMILES string of the molecule is CC(C)(C)C1CCN(Cc2cc(F)c(Cl)cc2Cl)CC1.CC(C)(C)C1CCN(Cc2cc(F)cc(OC(F)(F)F)c2)CC1.CC(C)(C)C1CCN(Cc2ccc(Cl)c(F)c2)CC1.CC(C)C1(C)CN([C@H](c2ccccc2)c2cc(Cl)cc(Cl)c2)C1.CC(C)Nc1ccc(F)cc1CN1CCC(C(C)(C)C)CC1.CC(C)Oc1ncc(CN2CCC(F)(C(C)C)CC2)cc1Cl.Cc1ccc(Cl)c(CN2CCC(F)(C(C)C)CC2)c1. The van der Waals surface area contributed by atoms with Gasteiger partial charge >= 0.3 is 6.36 Å². The molecule has 824 valence electrons. The lowest BCUT2D eigenvalue weighted by atomic mass is 9.71. The normalized spacial score (nSPS) is 18.7. The van der Waals surface area contributed by atoms with Gasteiger partial charge in [-0.2, -0.15) is 0 Å². The molecular weight excluding hydrogens is 2030 g/mol. The minimum Gasteiger partial charge on any atom is -0.474 e. The van der Waals surface area contributed by atoms with Gasteiger partial charge in [0, 0.05) is 123 Å². The number of aryl methyl sites for hydroxylation is 1. The van der Waals surface area contributed by atoms with E-state index in [1.54, 1.807) is 36.5 Å². The number of pyridine rings is 1. The third kappa shape index (κ3) is 40.4. The molecule has 1 aromatic heterocycles. The van der Waals surface area contributed by atoms with Gasteiger partial charge in [-0.3, -0.25) is 34.3 Å². The summed E-state index contributed by atoms with van der Waals surface area (Å²) in [5.74, 6) is 2.26. The molecule has 0 amide bonds. The van der Waals surface area contributed by atoms with Crippen LogP contribution in [0.25, 0.3) is 0 Å². The number of nitrogens with one attached hydrogen (secondary N) is 1. The Morgan fingerprint density at radius 2 is 0.818 bits per heavy atom. The van der Waals surface area contributed by atoms with Crippen LogP contribution in [-0.4, -0.2) is 161 Å². The molecule has 8 aromatic rings. The van der Waals surface area contributed by atoms with Gasteiger partial charge in [-0.1, -0.05) is 267 Å². The number of piperidine rings is 6. The Hall–Kier alpha value is -5.79. The third-order valence-electron chi connectivity index (χ3n) is 31.5. The Morgan fingerprint density at radius 1 is 0.392 bits per heavy atom. The highest BCUT2D eigenvalue weighted by atomic mass is 35.5. The van der Waals surface area contributed by atoms with Crippen molar-refractivity contribution < 1.29 is 49.0 Å². The number of nitrogens with zero attached hydrogens (tertiary/aromatic N) is 8. The van der Waals surface area contributed by atoms with Crippen LogP contribution in [-0.2, 0) is 39.3 Å². The summed E-state index contributed by atoms with van der Waals surface area (Å²) in [7, 11) is 0. The second-order valence-electron chi connectivity index (χ2n) is 48.8. The summed E-state index contributed by atoms with van der Waals surface area (Å²) in [5.41, 5.74) is 10.2. The maximum atomic E-state index is 14.6. The molecule has 7 aromatic carbocycles. The summed E-state index contributed by atoms with van der Waals surface area (Å²) < 4.78 is 129. The fraction of sp³-hybridized carbons (Fsp3) is 0.612. The zero-order chi connectivity index (χ0) is 110. The smallest absolute Gasteiger partial charge is 0.474 e. The number of anilines is 1. The van der Waals surface area contributed by atoms with Gasteiger partial charge in [0.2, 0.25) is 5.88 Å². The first-order chi connectivity index (χ1) is 69.0. The maximum absolute atomic E-state index is 14.6. The summed E-state index contributed by atoms with van der Waals surface area (Å²) in [4.78, 5) is 20.7. The average Bonchev–Trinajstić information content (AvgIpc) is 0.752. The number of aromatic nitrogens is 1.